The molecule has 1 aromatic carbocycles. The molecule has 2 N–H and O–H groups in total. The second kappa shape index (κ2) is 7.78. The number of aromatic carboxylic acids is 1. The van der Waals surface area contributed by atoms with Crippen LogP contribution in [0.15, 0.2) is 29.4 Å². The minimum absolute atomic E-state index is 0.0357. The largest absolute Gasteiger partial charge is 0.496 e. The second-order valence-electron chi connectivity index (χ2n) is 4.99. The van der Waals surface area contributed by atoms with Gasteiger partial charge in [-0.2, -0.15) is 0 Å². The van der Waals surface area contributed by atoms with Gasteiger partial charge < -0.3 is 15.2 Å². The van der Waals surface area contributed by atoms with E-state index in [0.29, 0.717) is 10.8 Å². The molecular formula is C16H17N3O4S. The molecular weight excluding hydrogens is 330 g/mol. The first-order valence-electron chi connectivity index (χ1n) is 7.05. The Morgan fingerprint density at radius 1 is 1.21 bits per heavy atom. The number of carboxylic acids is 1. The number of nitrogens with one attached hydrogen (secondary N) is 1. The first-order valence-corrected chi connectivity index (χ1v) is 8.04. The first kappa shape index (κ1) is 17.7. The summed E-state index contributed by atoms with van der Waals surface area (Å²) in [6.45, 7) is 3.74. The van der Waals surface area contributed by atoms with Gasteiger partial charge in [-0.05, 0) is 32.0 Å². The molecule has 0 unspecified atom stereocenters. The molecule has 0 atom stereocenters. The van der Waals surface area contributed by atoms with E-state index in [0.717, 1.165) is 11.4 Å². The molecule has 126 valence electrons. The number of thioether (sulfide) groups is 1. The standard InChI is InChI=1S/C16H17N3O4S/c1-9-6-10(2)18-16(17-9)24-8-14(20)19-11-4-5-12(15(21)22)13(7-11)23-3/h4-7H,8H2,1-3H3,(H,19,20)(H,21,22). The Bertz CT molecular complexity index is 760. The molecule has 0 saturated heterocycles. The molecule has 7 nitrogen and oxygen atoms in total. The van der Waals surface area contributed by atoms with Gasteiger partial charge in [-0.25, -0.2) is 14.8 Å². The van der Waals surface area contributed by atoms with Crippen molar-refractivity contribution in [1.82, 2.24) is 9.97 Å². The molecule has 0 aliphatic rings. The Hall–Kier alpha value is -2.61. The average Bonchev–Trinajstić information content (AvgIpc) is 2.51. The van der Waals surface area contributed by atoms with E-state index in [-0.39, 0.29) is 23.0 Å². The number of hydrogen-bond acceptors (Lipinski definition) is 6. The number of nitrogens with zero attached hydrogens (tertiary/aromatic N) is 2. The summed E-state index contributed by atoms with van der Waals surface area (Å²) in [5.41, 5.74) is 2.19. The van der Waals surface area contributed by atoms with Crippen LogP contribution in [0.4, 0.5) is 5.69 Å². The number of methoxy groups -OCH3 is 1. The fourth-order valence-electron chi connectivity index (χ4n) is 2.03. The van der Waals surface area contributed by atoms with Crippen molar-refractivity contribution < 1.29 is 19.4 Å². The zero-order chi connectivity index (χ0) is 17.7. The summed E-state index contributed by atoms with van der Waals surface area (Å²) in [6, 6.07) is 6.23. The van der Waals surface area contributed by atoms with Crippen molar-refractivity contribution in [2.24, 2.45) is 0 Å². The molecule has 2 rings (SSSR count). The van der Waals surface area contributed by atoms with Crippen LogP contribution in [0.25, 0.3) is 0 Å². The van der Waals surface area contributed by atoms with Crippen LogP contribution in [0.2, 0.25) is 0 Å². The summed E-state index contributed by atoms with van der Waals surface area (Å²) in [5, 5.41) is 12.3. The highest BCUT2D eigenvalue weighted by Gasteiger charge is 2.13. The molecule has 8 heteroatoms. The normalized spacial score (nSPS) is 10.3. The molecule has 0 saturated carbocycles. The number of hydrogen-bond donors (Lipinski definition) is 2. The number of ether oxygens (including phenoxy) is 1. The quantitative estimate of drug-likeness (QED) is 0.611. The van der Waals surface area contributed by atoms with Crippen molar-refractivity contribution in [2.45, 2.75) is 19.0 Å². The smallest absolute Gasteiger partial charge is 0.339 e. The van der Waals surface area contributed by atoms with Gasteiger partial charge in [0, 0.05) is 23.1 Å². The lowest BCUT2D eigenvalue weighted by atomic mass is 10.2. The third-order valence-corrected chi connectivity index (χ3v) is 3.86. The number of anilines is 1. The van der Waals surface area contributed by atoms with Gasteiger partial charge in [0.15, 0.2) is 5.16 Å². The molecule has 0 fully saturated rings. The highest BCUT2D eigenvalue weighted by atomic mass is 32.2. The number of amides is 1. The number of carboxylic acid groups (broad SMARTS) is 1. The molecule has 1 heterocycles. The third-order valence-electron chi connectivity index (χ3n) is 3.01. The minimum Gasteiger partial charge on any atom is -0.496 e. The molecule has 1 aromatic heterocycles. The number of rotatable bonds is 6. The number of carbonyl (C=O) groups is 2. The Balaban J connectivity index is 2.00. The van der Waals surface area contributed by atoms with Crippen LogP contribution in [0.1, 0.15) is 21.7 Å². The number of benzene rings is 1. The number of aryl methyl sites for hydroxylation is 2. The Labute approximate surface area is 143 Å². The van der Waals surface area contributed by atoms with E-state index < -0.39 is 5.97 Å². The van der Waals surface area contributed by atoms with E-state index in [1.165, 1.54) is 37.1 Å². The predicted octanol–water partition coefficient (Wildman–Crippen LogP) is 2.53. The number of carbonyl (C=O) groups excluding carboxylic acids is 1. The van der Waals surface area contributed by atoms with E-state index in [2.05, 4.69) is 15.3 Å². The van der Waals surface area contributed by atoms with E-state index in [1.807, 2.05) is 19.9 Å². The summed E-state index contributed by atoms with van der Waals surface area (Å²) < 4.78 is 5.03. The van der Waals surface area contributed by atoms with Gasteiger partial charge in [0.2, 0.25) is 5.91 Å². The van der Waals surface area contributed by atoms with Gasteiger partial charge in [0.1, 0.15) is 11.3 Å². The van der Waals surface area contributed by atoms with Crippen LogP contribution in [0, 0.1) is 13.8 Å². The van der Waals surface area contributed by atoms with Crippen LogP contribution in [0.3, 0.4) is 0 Å². The monoisotopic (exact) mass is 347 g/mol. The molecule has 1 amide bonds. The van der Waals surface area contributed by atoms with Crippen LogP contribution in [0.5, 0.6) is 5.75 Å². The summed E-state index contributed by atoms with van der Waals surface area (Å²) in [7, 11) is 1.38. The highest BCUT2D eigenvalue weighted by Crippen LogP contribution is 2.23. The van der Waals surface area contributed by atoms with Gasteiger partial charge >= 0.3 is 5.97 Å². The maximum absolute atomic E-state index is 12.0. The maximum atomic E-state index is 12.0. The average molecular weight is 347 g/mol. The van der Waals surface area contributed by atoms with Crippen LogP contribution < -0.4 is 10.1 Å². The fraction of sp³-hybridized carbons (Fsp3) is 0.250. The summed E-state index contributed by atoms with van der Waals surface area (Å²) in [4.78, 5) is 31.6. The van der Waals surface area contributed by atoms with Crippen LogP contribution >= 0.6 is 11.8 Å². The Kier molecular flexibility index (Phi) is 5.75. The van der Waals surface area contributed by atoms with Crippen molar-refractivity contribution in [2.75, 3.05) is 18.2 Å². The van der Waals surface area contributed by atoms with Gasteiger partial charge in [-0.1, -0.05) is 11.8 Å². The summed E-state index contributed by atoms with van der Waals surface area (Å²) in [5.74, 6) is -1.00. The summed E-state index contributed by atoms with van der Waals surface area (Å²) in [6.07, 6.45) is 0. The molecule has 2 aromatic rings. The molecule has 0 radical (unpaired) electrons. The van der Waals surface area contributed by atoms with E-state index >= 15 is 0 Å². The summed E-state index contributed by atoms with van der Waals surface area (Å²) >= 11 is 1.23. The first-order chi connectivity index (χ1) is 11.4. The SMILES string of the molecule is COc1cc(NC(=O)CSc2nc(C)cc(C)n2)ccc1C(=O)O. The van der Waals surface area contributed by atoms with Crippen molar-refractivity contribution in [3.05, 3.63) is 41.2 Å². The fourth-order valence-corrected chi connectivity index (χ4v) is 2.78. The lowest BCUT2D eigenvalue weighted by Crippen LogP contribution is -2.15. The zero-order valence-corrected chi connectivity index (χ0v) is 14.3. The maximum Gasteiger partial charge on any atom is 0.339 e. The van der Waals surface area contributed by atoms with E-state index in [9.17, 15) is 9.59 Å². The van der Waals surface area contributed by atoms with Gasteiger partial charge in [0.25, 0.3) is 0 Å². The zero-order valence-electron chi connectivity index (χ0n) is 13.5. The van der Waals surface area contributed by atoms with Gasteiger partial charge in [-0.15, -0.1) is 0 Å². The number of aromatic nitrogens is 2. The van der Waals surface area contributed by atoms with Gasteiger partial charge in [0.05, 0.1) is 12.9 Å². The van der Waals surface area contributed by atoms with Crippen LogP contribution in [-0.4, -0.2) is 39.8 Å². The topological polar surface area (TPSA) is 101 Å². The Morgan fingerprint density at radius 2 is 1.88 bits per heavy atom. The van der Waals surface area contributed by atoms with Crippen molar-refractivity contribution in [3.8, 4) is 5.75 Å². The third kappa shape index (κ3) is 4.69. The van der Waals surface area contributed by atoms with Crippen molar-refractivity contribution >= 4 is 29.3 Å². The predicted molar refractivity (Wildman–Crippen MR) is 90.8 cm³/mol. The molecule has 0 bridgehead atoms. The highest BCUT2D eigenvalue weighted by molar-refractivity contribution is 7.99. The molecule has 0 aliphatic heterocycles. The van der Waals surface area contributed by atoms with Gasteiger partial charge in [-0.3, -0.25) is 4.79 Å². The van der Waals surface area contributed by atoms with Crippen molar-refractivity contribution in [3.63, 3.8) is 0 Å². The Morgan fingerprint density at radius 3 is 2.46 bits per heavy atom. The van der Waals surface area contributed by atoms with Crippen LogP contribution in [-0.2, 0) is 4.79 Å². The lowest BCUT2D eigenvalue weighted by Gasteiger charge is -2.09. The molecule has 0 aliphatic carbocycles. The minimum atomic E-state index is -1.09. The molecule has 24 heavy (non-hydrogen) atoms. The second-order valence-corrected chi connectivity index (χ2v) is 5.93. The lowest BCUT2D eigenvalue weighted by molar-refractivity contribution is -0.113. The van der Waals surface area contributed by atoms with E-state index in [4.69, 9.17) is 9.84 Å². The van der Waals surface area contributed by atoms with E-state index in [1.54, 1.807) is 0 Å². The molecule has 0 spiro atoms. The van der Waals surface area contributed by atoms with Crippen molar-refractivity contribution in [1.29, 1.82) is 0 Å².